The summed E-state index contributed by atoms with van der Waals surface area (Å²) in [5.41, 5.74) is -1.04. The topological polar surface area (TPSA) is 80.7 Å². The fourth-order valence-electron chi connectivity index (χ4n) is 3.48. The highest BCUT2D eigenvalue weighted by molar-refractivity contribution is 6.18. The molecule has 100 valence electrons. The van der Waals surface area contributed by atoms with Crippen molar-refractivity contribution in [2.45, 2.75) is 32.5 Å². The molecule has 0 aromatic heterocycles. The number of hydrogen-bond donors (Lipinski definition) is 1. The van der Waals surface area contributed by atoms with E-state index in [0.29, 0.717) is 19.3 Å². The van der Waals surface area contributed by atoms with Crippen LogP contribution in [0.25, 0.3) is 0 Å². The Bertz CT molecular complexity index is 556. The van der Waals surface area contributed by atoms with E-state index in [1.165, 1.54) is 12.2 Å². The predicted octanol–water partition coefficient (Wildman–Crippen LogP) is 0.673. The molecule has 1 N–H and O–H groups in total. The Hall–Kier alpha value is -1.75. The van der Waals surface area contributed by atoms with Crippen molar-refractivity contribution in [1.29, 1.82) is 0 Å². The zero-order valence-electron chi connectivity index (χ0n) is 10.5. The maximum atomic E-state index is 12.2. The normalized spacial score (nSPS) is 37.9. The molecule has 3 aliphatic rings. The van der Waals surface area contributed by atoms with Crippen LogP contribution in [-0.2, 0) is 19.1 Å². The van der Waals surface area contributed by atoms with Crippen LogP contribution < -0.4 is 0 Å². The van der Waals surface area contributed by atoms with Crippen molar-refractivity contribution < 1.29 is 24.2 Å². The van der Waals surface area contributed by atoms with E-state index < -0.39 is 17.6 Å². The maximum absolute atomic E-state index is 12.2. The predicted molar refractivity (Wildman–Crippen MR) is 63.7 cm³/mol. The van der Waals surface area contributed by atoms with Crippen molar-refractivity contribution >= 4 is 17.3 Å². The first-order valence-electron chi connectivity index (χ1n) is 6.33. The van der Waals surface area contributed by atoms with Crippen LogP contribution >= 0.6 is 0 Å². The summed E-state index contributed by atoms with van der Waals surface area (Å²) in [7, 11) is 0. The standard InChI is InChI=1S/C14H14O5/c1-7-11-8(15)4-5-9(16)12(11)14(13(18)19-7)6-2-3-10(14)17/h4-5,12-13,18H,2-3,6H2,1H3. The molecule has 0 bridgehead atoms. The quantitative estimate of drug-likeness (QED) is 0.694. The van der Waals surface area contributed by atoms with Gasteiger partial charge in [0.1, 0.15) is 17.0 Å². The van der Waals surface area contributed by atoms with Gasteiger partial charge in [-0.1, -0.05) is 0 Å². The summed E-state index contributed by atoms with van der Waals surface area (Å²) in [5.74, 6) is -1.44. The molecule has 1 aliphatic heterocycles. The summed E-state index contributed by atoms with van der Waals surface area (Å²) in [4.78, 5) is 36.4. The number of ketones is 3. The van der Waals surface area contributed by atoms with Gasteiger partial charge in [-0.2, -0.15) is 0 Å². The Morgan fingerprint density at radius 1 is 1.32 bits per heavy atom. The summed E-state index contributed by atoms with van der Waals surface area (Å²) >= 11 is 0. The van der Waals surface area contributed by atoms with Gasteiger partial charge in [-0.15, -0.1) is 0 Å². The van der Waals surface area contributed by atoms with Gasteiger partial charge in [0.15, 0.2) is 11.6 Å². The highest BCUT2D eigenvalue weighted by Crippen LogP contribution is 2.52. The van der Waals surface area contributed by atoms with E-state index in [0.717, 1.165) is 0 Å². The molecule has 5 nitrogen and oxygen atoms in total. The van der Waals surface area contributed by atoms with E-state index in [1.54, 1.807) is 6.92 Å². The molecule has 19 heavy (non-hydrogen) atoms. The van der Waals surface area contributed by atoms with Gasteiger partial charge in [0, 0.05) is 12.0 Å². The lowest BCUT2D eigenvalue weighted by Gasteiger charge is -2.44. The molecule has 5 heteroatoms. The monoisotopic (exact) mass is 262 g/mol. The van der Waals surface area contributed by atoms with Gasteiger partial charge >= 0.3 is 0 Å². The molecule has 0 aromatic rings. The van der Waals surface area contributed by atoms with Gasteiger partial charge in [0.25, 0.3) is 0 Å². The molecule has 3 atom stereocenters. The lowest BCUT2D eigenvalue weighted by atomic mass is 9.63. The van der Waals surface area contributed by atoms with Crippen molar-refractivity contribution in [3.63, 3.8) is 0 Å². The second kappa shape index (κ2) is 3.87. The first kappa shape index (κ1) is 12.3. The number of Topliss-reactive ketones (excluding diaryl/α,β-unsaturated/α-hetero) is 1. The molecular weight excluding hydrogens is 248 g/mol. The van der Waals surface area contributed by atoms with E-state index in [1.807, 2.05) is 0 Å². The van der Waals surface area contributed by atoms with Crippen LogP contribution in [0.5, 0.6) is 0 Å². The Morgan fingerprint density at radius 2 is 2.05 bits per heavy atom. The molecular formula is C14H14O5. The Kier molecular flexibility index (Phi) is 2.50. The molecule has 2 aliphatic carbocycles. The minimum absolute atomic E-state index is 0.188. The Balaban J connectivity index is 2.23. The molecule has 0 amide bonds. The van der Waals surface area contributed by atoms with Gasteiger partial charge in [-0.05, 0) is 31.9 Å². The number of carbonyl (C=O) groups is 3. The third kappa shape index (κ3) is 1.42. The lowest BCUT2D eigenvalue weighted by Crippen LogP contribution is -2.54. The smallest absolute Gasteiger partial charge is 0.210 e. The number of ether oxygens (including phenoxy) is 1. The van der Waals surface area contributed by atoms with E-state index in [4.69, 9.17) is 4.74 Å². The molecule has 3 rings (SSSR count). The number of aliphatic hydroxyl groups is 1. The second-order valence-electron chi connectivity index (χ2n) is 5.29. The van der Waals surface area contributed by atoms with E-state index in [2.05, 4.69) is 0 Å². The zero-order chi connectivity index (χ0) is 13.8. The molecule has 1 heterocycles. The first-order valence-corrected chi connectivity index (χ1v) is 6.33. The summed E-state index contributed by atoms with van der Waals surface area (Å²) in [5, 5.41) is 10.2. The van der Waals surface area contributed by atoms with Crippen LogP contribution in [0.4, 0.5) is 0 Å². The van der Waals surface area contributed by atoms with Gasteiger partial charge in [-0.3, -0.25) is 14.4 Å². The molecule has 0 radical (unpaired) electrons. The first-order chi connectivity index (χ1) is 8.98. The van der Waals surface area contributed by atoms with Crippen LogP contribution in [-0.4, -0.2) is 28.7 Å². The molecule has 1 fully saturated rings. The molecule has 3 unspecified atom stereocenters. The van der Waals surface area contributed by atoms with Crippen molar-refractivity contribution in [2.24, 2.45) is 11.3 Å². The number of fused-ring (bicyclic) bond motifs is 2. The van der Waals surface area contributed by atoms with Gasteiger partial charge < -0.3 is 9.84 Å². The third-order valence-electron chi connectivity index (χ3n) is 4.37. The molecule has 1 spiro atoms. The Labute approximate surface area is 109 Å². The van der Waals surface area contributed by atoms with Crippen molar-refractivity contribution in [3.05, 3.63) is 23.5 Å². The number of allylic oxidation sites excluding steroid dienone is 4. The number of aliphatic hydroxyl groups excluding tert-OH is 1. The minimum atomic E-state index is -1.35. The number of rotatable bonds is 0. The molecule has 1 saturated carbocycles. The van der Waals surface area contributed by atoms with Crippen molar-refractivity contribution in [1.82, 2.24) is 0 Å². The fraction of sp³-hybridized carbons (Fsp3) is 0.500. The SMILES string of the molecule is CC1=C2C(=O)C=CC(=O)C2C2(CCCC2=O)C(O)O1. The van der Waals surface area contributed by atoms with Gasteiger partial charge in [0.05, 0.1) is 5.92 Å². The van der Waals surface area contributed by atoms with Crippen molar-refractivity contribution in [3.8, 4) is 0 Å². The average molecular weight is 262 g/mol. The molecule has 0 saturated heterocycles. The van der Waals surface area contributed by atoms with E-state index in [9.17, 15) is 19.5 Å². The van der Waals surface area contributed by atoms with Crippen LogP contribution in [0.3, 0.4) is 0 Å². The summed E-state index contributed by atoms with van der Waals surface area (Å²) in [6, 6.07) is 0. The lowest BCUT2D eigenvalue weighted by molar-refractivity contribution is -0.187. The highest BCUT2D eigenvalue weighted by atomic mass is 16.6. The third-order valence-corrected chi connectivity index (χ3v) is 4.37. The molecule has 0 aromatic carbocycles. The summed E-state index contributed by atoms with van der Waals surface area (Å²) in [6.07, 6.45) is 2.35. The highest BCUT2D eigenvalue weighted by Gasteiger charge is 2.61. The average Bonchev–Trinajstić information content (AvgIpc) is 2.72. The largest absolute Gasteiger partial charge is 0.468 e. The zero-order valence-corrected chi connectivity index (χ0v) is 10.5. The Morgan fingerprint density at radius 3 is 2.68 bits per heavy atom. The summed E-state index contributed by atoms with van der Waals surface area (Å²) < 4.78 is 5.29. The van der Waals surface area contributed by atoms with Crippen LogP contribution in [0, 0.1) is 11.3 Å². The fourth-order valence-corrected chi connectivity index (χ4v) is 3.48. The van der Waals surface area contributed by atoms with Crippen LogP contribution in [0.2, 0.25) is 0 Å². The van der Waals surface area contributed by atoms with E-state index in [-0.39, 0.29) is 28.7 Å². The second-order valence-corrected chi connectivity index (χ2v) is 5.29. The minimum Gasteiger partial charge on any atom is -0.468 e. The van der Waals surface area contributed by atoms with Gasteiger partial charge in [0.2, 0.25) is 6.29 Å². The maximum Gasteiger partial charge on any atom is 0.210 e. The number of hydrogen-bond acceptors (Lipinski definition) is 5. The summed E-state index contributed by atoms with van der Waals surface area (Å²) in [6.45, 7) is 1.54. The van der Waals surface area contributed by atoms with Crippen LogP contribution in [0.1, 0.15) is 26.2 Å². The van der Waals surface area contributed by atoms with Gasteiger partial charge in [-0.25, -0.2) is 0 Å². The van der Waals surface area contributed by atoms with Crippen LogP contribution in [0.15, 0.2) is 23.5 Å². The van der Waals surface area contributed by atoms with Crippen molar-refractivity contribution in [2.75, 3.05) is 0 Å². The number of carbonyl (C=O) groups excluding carboxylic acids is 3. The van der Waals surface area contributed by atoms with E-state index >= 15 is 0 Å².